The van der Waals surface area contributed by atoms with Gasteiger partial charge in [0.2, 0.25) is 0 Å². The van der Waals surface area contributed by atoms with Crippen molar-refractivity contribution in [3.63, 3.8) is 0 Å². The van der Waals surface area contributed by atoms with Crippen molar-refractivity contribution in [2.45, 2.75) is 26.1 Å². The Labute approximate surface area is 90.4 Å². The molecule has 4 heteroatoms. The van der Waals surface area contributed by atoms with Crippen LogP contribution in [-0.2, 0) is 19.4 Å². The normalized spacial score (nSPS) is 17.4. The van der Waals surface area contributed by atoms with Crippen LogP contribution >= 0.6 is 17.0 Å². The molecule has 0 atom stereocenters. The average Bonchev–Trinajstić information content (AvgIpc) is 2.30. The molecule has 0 aromatic carbocycles. The SMILES string of the molecule is C[Si](C)(C)C1=[C]([Zr]([Cl])[Cl])CC=C1. The first-order chi connectivity index (χ1) is 5.43. The summed E-state index contributed by atoms with van der Waals surface area (Å²) in [7, 11) is 11.0. The van der Waals surface area contributed by atoms with Crippen LogP contribution in [0.2, 0.25) is 19.6 Å². The van der Waals surface area contributed by atoms with Gasteiger partial charge in [0.05, 0.1) is 0 Å². The topological polar surface area (TPSA) is 0 Å². The van der Waals surface area contributed by atoms with Crippen LogP contribution in [0.5, 0.6) is 0 Å². The second-order valence-electron chi connectivity index (χ2n) is 4.01. The molecule has 1 rings (SSSR count). The zero-order valence-electron chi connectivity index (χ0n) is 7.62. The van der Waals surface area contributed by atoms with E-state index >= 15 is 0 Å². The van der Waals surface area contributed by atoms with Gasteiger partial charge in [0.25, 0.3) is 0 Å². The minimum absolute atomic E-state index is 1.03. The van der Waals surface area contributed by atoms with Crippen LogP contribution in [0, 0.1) is 0 Å². The fourth-order valence-electron chi connectivity index (χ4n) is 1.39. The quantitative estimate of drug-likeness (QED) is 0.676. The number of hydrogen-bond donors (Lipinski definition) is 0. The summed E-state index contributed by atoms with van der Waals surface area (Å²) >= 11 is -2.11. The maximum absolute atomic E-state index is 6.07. The molecule has 0 nitrogen and oxygen atoms in total. The van der Waals surface area contributed by atoms with Crippen LogP contribution in [-0.4, -0.2) is 8.07 Å². The summed E-state index contributed by atoms with van der Waals surface area (Å²) in [5.74, 6) is 0. The first-order valence-electron chi connectivity index (χ1n) is 4.01. The van der Waals surface area contributed by atoms with Crippen molar-refractivity contribution in [3.05, 3.63) is 20.6 Å². The monoisotopic (exact) mass is 297 g/mol. The van der Waals surface area contributed by atoms with Gasteiger partial charge in [0, 0.05) is 0 Å². The Balaban J connectivity index is 2.98. The third kappa shape index (κ3) is 2.57. The molecule has 0 spiro atoms. The van der Waals surface area contributed by atoms with Crippen LogP contribution in [0.1, 0.15) is 6.42 Å². The molecule has 0 aliphatic heterocycles. The van der Waals surface area contributed by atoms with Crippen LogP contribution in [0.4, 0.5) is 0 Å². The van der Waals surface area contributed by atoms with Crippen LogP contribution in [0.15, 0.2) is 20.6 Å². The summed E-state index contributed by atoms with van der Waals surface area (Å²) in [5.41, 5.74) is 0. The van der Waals surface area contributed by atoms with Gasteiger partial charge in [-0.25, -0.2) is 0 Å². The molecule has 1 aliphatic carbocycles. The zero-order valence-corrected chi connectivity index (χ0v) is 12.6. The molecule has 0 fully saturated rings. The molecule has 0 heterocycles. The Kier molecular flexibility index (Phi) is 3.86. The van der Waals surface area contributed by atoms with Crippen molar-refractivity contribution >= 4 is 25.1 Å². The molecule has 67 valence electrons. The van der Waals surface area contributed by atoms with Gasteiger partial charge in [-0.2, -0.15) is 0 Å². The molecule has 0 amide bonds. The zero-order chi connectivity index (χ0) is 9.35. The fraction of sp³-hybridized carbons (Fsp3) is 0.500. The standard InChI is InChI=1S/C8H13Si.2ClH.Zr/c1-9(2,3)8-6-4-5-7-8;;;/h4,6H,5H2,1-3H3;2*1H;/q;;;+2/p-2. The summed E-state index contributed by atoms with van der Waals surface area (Å²) in [6, 6.07) is 0. The Morgan fingerprint density at radius 2 is 1.92 bits per heavy atom. The van der Waals surface area contributed by atoms with E-state index in [1.807, 2.05) is 0 Å². The molecular formula is C8H13Cl2SiZr. The molecule has 0 bridgehead atoms. The predicted octanol–water partition coefficient (Wildman–Crippen LogP) is 4.00. The first-order valence-corrected chi connectivity index (χ1v) is 15.1. The van der Waals surface area contributed by atoms with E-state index in [0.29, 0.717) is 0 Å². The van der Waals surface area contributed by atoms with Crippen LogP contribution < -0.4 is 0 Å². The molecule has 12 heavy (non-hydrogen) atoms. The third-order valence-corrected chi connectivity index (χ3v) is 9.65. The van der Waals surface area contributed by atoms with Crippen LogP contribution in [0.3, 0.4) is 0 Å². The molecule has 0 unspecified atom stereocenters. The van der Waals surface area contributed by atoms with Crippen molar-refractivity contribution in [2.75, 3.05) is 0 Å². The maximum atomic E-state index is 6.07. The molecule has 1 aliphatic rings. The second-order valence-corrected chi connectivity index (χ2v) is 17.4. The molecule has 0 saturated carbocycles. The molecule has 0 N–H and O–H groups in total. The first kappa shape index (κ1) is 11.2. The summed E-state index contributed by atoms with van der Waals surface area (Å²) in [6.07, 6.45) is 5.47. The van der Waals surface area contributed by atoms with E-state index in [9.17, 15) is 0 Å². The van der Waals surface area contributed by atoms with Crippen molar-refractivity contribution in [2.24, 2.45) is 0 Å². The van der Waals surface area contributed by atoms with Gasteiger partial charge in [-0.05, 0) is 0 Å². The Hall–Kier alpha value is 1.16. The predicted molar refractivity (Wildman–Crippen MR) is 55.8 cm³/mol. The van der Waals surface area contributed by atoms with Crippen molar-refractivity contribution in [3.8, 4) is 0 Å². The van der Waals surface area contributed by atoms with Crippen molar-refractivity contribution in [1.82, 2.24) is 0 Å². The van der Waals surface area contributed by atoms with Gasteiger partial charge < -0.3 is 0 Å². The number of halogens is 2. The van der Waals surface area contributed by atoms with E-state index in [0.717, 1.165) is 6.42 Å². The average molecular weight is 299 g/mol. The molecule has 0 radical (unpaired) electrons. The Morgan fingerprint density at radius 3 is 2.25 bits per heavy atom. The molecule has 0 aromatic heterocycles. The summed E-state index contributed by atoms with van der Waals surface area (Å²) in [5, 5.41) is 1.52. The van der Waals surface area contributed by atoms with Gasteiger partial charge in [0.1, 0.15) is 0 Å². The second kappa shape index (κ2) is 4.13. The van der Waals surface area contributed by atoms with Gasteiger partial charge in [-0.1, -0.05) is 0 Å². The summed E-state index contributed by atoms with van der Waals surface area (Å²) in [4.78, 5) is 0. The van der Waals surface area contributed by atoms with E-state index in [1.54, 1.807) is 0 Å². The van der Waals surface area contributed by atoms with E-state index in [-0.39, 0.29) is 0 Å². The van der Waals surface area contributed by atoms with E-state index < -0.39 is 27.4 Å². The van der Waals surface area contributed by atoms with Gasteiger partial charge in [-0.15, -0.1) is 0 Å². The Bertz CT molecular complexity index is 238. The number of hydrogen-bond acceptors (Lipinski definition) is 0. The van der Waals surface area contributed by atoms with Gasteiger partial charge >= 0.3 is 91.2 Å². The van der Waals surface area contributed by atoms with E-state index in [2.05, 4.69) is 31.8 Å². The third-order valence-electron chi connectivity index (χ3n) is 1.97. The molecular weight excluding hydrogens is 286 g/mol. The van der Waals surface area contributed by atoms with E-state index in [1.165, 1.54) is 8.48 Å². The van der Waals surface area contributed by atoms with E-state index in [4.69, 9.17) is 17.0 Å². The van der Waals surface area contributed by atoms with Crippen LogP contribution in [0.25, 0.3) is 0 Å². The van der Waals surface area contributed by atoms with Crippen molar-refractivity contribution in [1.29, 1.82) is 0 Å². The summed E-state index contributed by atoms with van der Waals surface area (Å²) in [6.45, 7) is 7.04. The number of rotatable bonds is 2. The van der Waals surface area contributed by atoms with Gasteiger partial charge in [0.15, 0.2) is 0 Å². The number of allylic oxidation sites excluding steroid dienone is 4. The Morgan fingerprint density at radius 1 is 1.33 bits per heavy atom. The van der Waals surface area contributed by atoms with Gasteiger partial charge in [-0.3, -0.25) is 0 Å². The molecule has 0 saturated heterocycles. The minimum atomic E-state index is -2.11. The summed E-state index contributed by atoms with van der Waals surface area (Å²) < 4.78 is 1.42. The van der Waals surface area contributed by atoms with Crippen molar-refractivity contribution < 1.29 is 19.4 Å². The fourth-order valence-corrected chi connectivity index (χ4v) is 10.9. The molecule has 0 aromatic rings.